The molecule has 0 unspecified atom stereocenters. The number of nitrogens with one attached hydrogen (secondary N) is 1. The number of amides is 1. The molecule has 0 aliphatic carbocycles. The lowest BCUT2D eigenvalue weighted by atomic mass is 9.94. The fourth-order valence-electron chi connectivity index (χ4n) is 2.17. The molecule has 0 saturated carbocycles. The quantitative estimate of drug-likeness (QED) is 0.621. The van der Waals surface area contributed by atoms with Crippen molar-refractivity contribution in [3.8, 4) is 0 Å². The number of rotatable bonds is 7. The topological polar surface area (TPSA) is 56.2 Å². The maximum atomic E-state index is 11.4. The third-order valence-corrected chi connectivity index (χ3v) is 3.40. The van der Waals surface area contributed by atoms with Crippen LogP contribution < -0.4 is 10.8 Å². The maximum Gasteiger partial charge on any atom is 0.407 e. The van der Waals surface area contributed by atoms with Crippen LogP contribution in [0, 0.1) is 13.8 Å². The highest BCUT2D eigenvalue weighted by atomic mass is 16.6. The highest BCUT2D eigenvalue weighted by Gasteiger charge is 2.15. The molecule has 5 nitrogen and oxygen atoms in total. The van der Waals surface area contributed by atoms with Crippen LogP contribution in [0.5, 0.6) is 0 Å². The number of alkyl carbamates (subject to hydrolysis) is 1. The number of hydrogen-bond acceptors (Lipinski definition) is 3. The van der Waals surface area contributed by atoms with Crippen molar-refractivity contribution in [3.05, 3.63) is 11.4 Å². The molecule has 0 saturated heterocycles. The highest BCUT2D eigenvalue weighted by Crippen LogP contribution is 2.07. The summed E-state index contributed by atoms with van der Waals surface area (Å²) >= 11 is 0. The average molecular weight is 305 g/mol. The van der Waals surface area contributed by atoms with E-state index in [0.29, 0.717) is 6.54 Å². The van der Waals surface area contributed by atoms with Crippen molar-refractivity contribution in [1.29, 1.82) is 0 Å². The van der Waals surface area contributed by atoms with Crippen LogP contribution >= 0.6 is 0 Å². The van der Waals surface area contributed by atoms with Crippen molar-refractivity contribution in [3.63, 3.8) is 0 Å². The number of nitrogens with zero attached hydrogens (tertiary/aromatic N) is 2. The van der Waals surface area contributed by atoms with E-state index in [-0.39, 0.29) is 6.09 Å². The number of aromatic nitrogens is 2. The molecule has 1 aromatic heterocycles. The molecule has 122 valence electrons. The molecule has 0 atom stereocenters. The summed E-state index contributed by atoms with van der Waals surface area (Å²) in [7, 11) is 5.91. The molecule has 0 aliphatic rings. The van der Waals surface area contributed by atoms with Crippen molar-refractivity contribution in [1.82, 2.24) is 15.1 Å². The van der Waals surface area contributed by atoms with Crippen molar-refractivity contribution in [2.75, 3.05) is 6.54 Å². The molecule has 0 aromatic carbocycles. The summed E-state index contributed by atoms with van der Waals surface area (Å²) in [6, 6.07) is 0. The van der Waals surface area contributed by atoms with Crippen LogP contribution in [0.25, 0.3) is 0 Å². The fraction of sp³-hybridized carbons (Fsp3) is 0.750. The number of aryl methyl sites for hydroxylation is 2. The molecule has 1 heterocycles. The van der Waals surface area contributed by atoms with Gasteiger partial charge < -0.3 is 10.1 Å². The van der Waals surface area contributed by atoms with Crippen LogP contribution in [-0.4, -0.2) is 35.9 Å². The van der Waals surface area contributed by atoms with Gasteiger partial charge in [-0.3, -0.25) is 4.68 Å². The van der Waals surface area contributed by atoms with Gasteiger partial charge in [0.15, 0.2) is 0 Å². The molecule has 1 amide bonds. The molecule has 1 N–H and O–H groups in total. The predicted molar refractivity (Wildman–Crippen MR) is 89.8 cm³/mol. The van der Waals surface area contributed by atoms with E-state index in [4.69, 9.17) is 12.6 Å². The van der Waals surface area contributed by atoms with E-state index in [1.807, 2.05) is 39.3 Å². The Morgan fingerprint density at radius 3 is 2.41 bits per heavy atom. The SMILES string of the molecule is [B]c1c(C)nn(CCCCCCNC(=O)OC(C)(C)C)c1C. The van der Waals surface area contributed by atoms with Crippen LogP contribution in [0.15, 0.2) is 0 Å². The largest absolute Gasteiger partial charge is 0.444 e. The van der Waals surface area contributed by atoms with Crippen molar-refractivity contribution >= 4 is 19.4 Å². The van der Waals surface area contributed by atoms with Crippen LogP contribution in [0.2, 0.25) is 0 Å². The van der Waals surface area contributed by atoms with Crippen molar-refractivity contribution in [2.24, 2.45) is 0 Å². The van der Waals surface area contributed by atoms with E-state index >= 15 is 0 Å². The monoisotopic (exact) mass is 305 g/mol. The number of carbonyl (C=O) groups is 1. The number of unbranched alkanes of at least 4 members (excludes halogenated alkanes) is 3. The molecule has 2 radical (unpaired) electrons. The molecule has 1 aromatic rings. The highest BCUT2D eigenvalue weighted by molar-refractivity contribution is 6.33. The van der Waals surface area contributed by atoms with Gasteiger partial charge in [0, 0.05) is 18.8 Å². The maximum absolute atomic E-state index is 11.4. The minimum Gasteiger partial charge on any atom is -0.444 e. The van der Waals surface area contributed by atoms with E-state index in [9.17, 15) is 4.79 Å². The van der Waals surface area contributed by atoms with Gasteiger partial charge in [0.2, 0.25) is 0 Å². The summed E-state index contributed by atoms with van der Waals surface area (Å²) in [5.74, 6) is 0. The number of carbonyl (C=O) groups excluding carboxylic acids is 1. The van der Waals surface area contributed by atoms with Gasteiger partial charge in [0.05, 0.1) is 5.69 Å². The second kappa shape index (κ2) is 8.25. The van der Waals surface area contributed by atoms with Crippen molar-refractivity contribution < 1.29 is 9.53 Å². The van der Waals surface area contributed by atoms with Crippen LogP contribution in [0.4, 0.5) is 4.79 Å². The first kappa shape index (κ1) is 18.6. The summed E-state index contributed by atoms with van der Waals surface area (Å²) in [6.45, 7) is 11.1. The standard InChI is InChI=1S/C16H28BN3O2/c1-12-14(17)13(2)20(19-12)11-9-7-6-8-10-18-15(21)22-16(3,4)5/h6-11H2,1-5H3,(H,18,21). The van der Waals surface area contributed by atoms with E-state index in [1.165, 1.54) is 0 Å². The van der Waals surface area contributed by atoms with Gasteiger partial charge in [-0.15, -0.1) is 0 Å². The Morgan fingerprint density at radius 2 is 1.86 bits per heavy atom. The molecule has 1 rings (SSSR count). The molecule has 0 spiro atoms. The summed E-state index contributed by atoms with van der Waals surface area (Å²) in [6.07, 6.45) is 3.86. The van der Waals surface area contributed by atoms with Gasteiger partial charge in [0.1, 0.15) is 13.4 Å². The van der Waals surface area contributed by atoms with Gasteiger partial charge >= 0.3 is 6.09 Å². The lowest BCUT2D eigenvalue weighted by Gasteiger charge is -2.19. The Balaban J connectivity index is 2.09. The minimum atomic E-state index is -0.439. The normalized spacial score (nSPS) is 11.5. The summed E-state index contributed by atoms with van der Waals surface area (Å²) in [5.41, 5.74) is 2.30. The first-order chi connectivity index (χ1) is 10.2. The van der Waals surface area contributed by atoms with Crippen LogP contribution in [0.1, 0.15) is 57.8 Å². The van der Waals surface area contributed by atoms with Gasteiger partial charge in [-0.2, -0.15) is 5.10 Å². The number of hydrogen-bond donors (Lipinski definition) is 1. The lowest BCUT2D eigenvalue weighted by molar-refractivity contribution is 0.0527. The summed E-state index contributed by atoms with van der Waals surface area (Å²) in [5, 5.41) is 7.19. The van der Waals surface area contributed by atoms with Gasteiger partial charge in [-0.05, 0) is 47.5 Å². The Kier molecular flexibility index (Phi) is 6.97. The van der Waals surface area contributed by atoms with Crippen molar-refractivity contribution in [2.45, 2.75) is 72.4 Å². The van der Waals surface area contributed by atoms with Gasteiger partial charge in [0.25, 0.3) is 0 Å². The van der Waals surface area contributed by atoms with Crippen LogP contribution in [-0.2, 0) is 11.3 Å². The Labute approximate surface area is 135 Å². The zero-order chi connectivity index (χ0) is 16.8. The molecule has 0 fully saturated rings. The Bertz CT molecular complexity index is 492. The first-order valence-electron chi connectivity index (χ1n) is 7.97. The van der Waals surface area contributed by atoms with Gasteiger partial charge in [-0.1, -0.05) is 18.3 Å². The third-order valence-electron chi connectivity index (χ3n) is 3.40. The van der Waals surface area contributed by atoms with Gasteiger partial charge in [-0.25, -0.2) is 4.79 Å². The second-order valence-corrected chi connectivity index (χ2v) is 6.65. The predicted octanol–water partition coefficient (Wildman–Crippen LogP) is 2.38. The zero-order valence-corrected chi connectivity index (χ0v) is 14.5. The Hall–Kier alpha value is -1.46. The summed E-state index contributed by atoms with van der Waals surface area (Å²) in [4.78, 5) is 11.4. The minimum absolute atomic E-state index is 0.342. The molecular weight excluding hydrogens is 277 g/mol. The molecule has 0 bridgehead atoms. The molecule has 0 aliphatic heterocycles. The van der Waals surface area contributed by atoms with E-state index in [1.54, 1.807) is 0 Å². The first-order valence-corrected chi connectivity index (χ1v) is 7.97. The fourth-order valence-corrected chi connectivity index (χ4v) is 2.17. The molecule has 6 heteroatoms. The average Bonchev–Trinajstić information content (AvgIpc) is 2.63. The summed E-state index contributed by atoms with van der Waals surface area (Å²) < 4.78 is 7.15. The smallest absolute Gasteiger partial charge is 0.407 e. The molecule has 22 heavy (non-hydrogen) atoms. The van der Waals surface area contributed by atoms with E-state index in [0.717, 1.165) is 49.1 Å². The third kappa shape index (κ3) is 6.54. The number of ether oxygens (including phenoxy) is 1. The Morgan fingerprint density at radius 1 is 1.23 bits per heavy atom. The molecular formula is C16H28BN3O2. The van der Waals surface area contributed by atoms with E-state index in [2.05, 4.69) is 10.4 Å². The lowest BCUT2D eigenvalue weighted by Crippen LogP contribution is -2.32. The van der Waals surface area contributed by atoms with E-state index < -0.39 is 5.60 Å². The van der Waals surface area contributed by atoms with Crippen LogP contribution in [0.3, 0.4) is 0 Å². The zero-order valence-electron chi connectivity index (χ0n) is 14.5. The second-order valence-electron chi connectivity index (χ2n) is 6.65.